The number of benzene rings is 1. The molecular formula is C15H23N3O2. The Morgan fingerprint density at radius 2 is 2.15 bits per heavy atom. The minimum absolute atomic E-state index is 0.203. The van der Waals surface area contributed by atoms with Crippen LogP contribution in [0, 0.1) is 6.92 Å². The van der Waals surface area contributed by atoms with Gasteiger partial charge in [0.05, 0.1) is 6.61 Å². The molecule has 20 heavy (non-hydrogen) atoms. The first-order valence-corrected chi connectivity index (χ1v) is 7.14. The van der Waals surface area contributed by atoms with Gasteiger partial charge >= 0.3 is 6.09 Å². The quantitative estimate of drug-likeness (QED) is 0.833. The van der Waals surface area contributed by atoms with Crippen molar-refractivity contribution in [1.29, 1.82) is 0 Å². The van der Waals surface area contributed by atoms with Gasteiger partial charge in [-0.15, -0.1) is 0 Å². The number of rotatable bonds is 3. The fraction of sp³-hybridized carbons (Fsp3) is 0.533. The molecule has 0 saturated carbocycles. The molecule has 1 aromatic rings. The van der Waals surface area contributed by atoms with Crippen molar-refractivity contribution in [2.24, 2.45) is 0 Å². The first kappa shape index (κ1) is 14.5. The van der Waals surface area contributed by atoms with Gasteiger partial charge in [-0.3, -0.25) is 0 Å². The highest BCUT2D eigenvalue weighted by Gasteiger charge is 2.23. The van der Waals surface area contributed by atoms with Gasteiger partial charge in [0.25, 0.3) is 0 Å². The second-order valence-electron chi connectivity index (χ2n) is 5.18. The molecular weight excluding hydrogens is 254 g/mol. The monoisotopic (exact) mass is 277 g/mol. The molecule has 0 unspecified atom stereocenters. The van der Waals surface area contributed by atoms with Crippen molar-refractivity contribution in [1.82, 2.24) is 4.90 Å². The average Bonchev–Trinajstić information content (AvgIpc) is 2.44. The normalized spacial score (nSPS) is 16.0. The number of hydrogen-bond acceptors (Lipinski definition) is 4. The highest BCUT2D eigenvalue weighted by atomic mass is 16.6. The Balaban J connectivity index is 1.88. The summed E-state index contributed by atoms with van der Waals surface area (Å²) >= 11 is 0. The number of nitrogens with one attached hydrogen (secondary N) is 1. The molecule has 5 heteroatoms. The standard InChI is InChI=1S/C15H23N3O2/c1-3-20-15(19)18-8-6-13(7-9-18)17-14-10-12(16)5-4-11(14)2/h4-5,10,13,17H,3,6-9,16H2,1-2H3. The van der Waals surface area contributed by atoms with E-state index < -0.39 is 0 Å². The number of nitrogens with two attached hydrogens (primary N) is 1. The number of nitrogens with zero attached hydrogens (tertiary/aromatic N) is 1. The van der Waals surface area contributed by atoms with E-state index in [9.17, 15) is 4.79 Å². The molecule has 0 radical (unpaired) electrons. The SMILES string of the molecule is CCOC(=O)N1CCC(Nc2cc(N)ccc2C)CC1. The molecule has 3 N–H and O–H groups in total. The van der Waals surface area contributed by atoms with E-state index in [0.29, 0.717) is 12.6 Å². The fourth-order valence-corrected chi connectivity index (χ4v) is 2.44. The average molecular weight is 277 g/mol. The van der Waals surface area contributed by atoms with Crippen LogP contribution in [-0.2, 0) is 4.74 Å². The van der Waals surface area contributed by atoms with Crippen LogP contribution in [0.3, 0.4) is 0 Å². The van der Waals surface area contributed by atoms with Crippen molar-refractivity contribution < 1.29 is 9.53 Å². The summed E-state index contributed by atoms with van der Waals surface area (Å²) < 4.78 is 5.02. The zero-order valence-electron chi connectivity index (χ0n) is 12.2. The summed E-state index contributed by atoms with van der Waals surface area (Å²) in [6.07, 6.45) is 1.64. The lowest BCUT2D eigenvalue weighted by Crippen LogP contribution is -2.42. The van der Waals surface area contributed by atoms with Gasteiger partial charge in [0, 0.05) is 30.5 Å². The Labute approximate surface area is 120 Å². The number of aryl methyl sites for hydroxylation is 1. The predicted octanol–water partition coefficient (Wildman–Crippen LogP) is 2.61. The lowest BCUT2D eigenvalue weighted by molar-refractivity contribution is 0.0983. The van der Waals surface area contributed by atoms with E-state index in [0.717, 1.165) is 37.3 Å². The zero-order valence-corrected chi connectivity index (χ0v) is 12.2. The molecule has 5 nitrogen and oxygen atoms in total. The number of likely N-dealkylation sites (tertiary alicyclic amines) is 1. The van der Waals surface area contributed by atoms with E-state index in [1.807, 2.05) is 25.1 Å². The predicted molar refractivity (Wildman–Crippen MR) is 80.8 cm³/mol. The largest absolute Gasteiger partial charge is 0.450 e. The van der Waals surface area contributed by atoms with Gasteiger partial charge in [0.2, 0.25) is 0 Å². The summed E-state index contributed by atoms with van der Waals surface area (Å²) in [4.78, 5) is 13.4. The molecule has 1 aromatic carbocycles. The maximum absolute atomic E-state index is 11.6. The van der Waals surface area contributed by atoms with E-state index in [4.69, 9.17) is 10.5 Å². The topological polar surface area (TPSA) is 67.6 Å². The molecule has 0 atom stereocenters. The molecule has 0 bridgehead atoms. The third-order valence-electron chi connectivity index (χ3n) is 3.64. The number of hydrogen-bond donors (Lipinski definition) is 2. The van der Waals surface area contributed by atoms with E-state index in [-0.39, 0.29) is 6.09 Å². The van der Waals surface area contributed by atoms with Crippen LogP contribution in [0.25, 0.3) is 0 Å². The van der Waals surface area contributed by atoms with Crippen LogP contribution in [-0.4, -0.2) is 36.7 Å². The highest BCUT2D eigenvalue weighted by molar-refractivity contribution is 5.67. The second-order valence-corrected chi connectivity index (χ2v) is 5.18. The molecule has 0 aromatic heterocycles. The van der Waals surface area contributed by atoms with Crippen molar-refractivity contribution in [3.8, 4) is 0 Å². The van der Waals surface area contributed by atoms with E-state index in [2.05, 4.69) is 12.2 Å². The summed E-state index contributed by atoms with van der Waals surface area (Å²) in [5.74, 6) is 0. The first-order chi connectivity index (χ1) is 9.60. The molecule has 1 fully saturated rings. The molecule has 1 saturated heterocycles. The fourth-order valence-electron chi connectivity index (χ4n) is 2.44. The van der Waals surface area contributed by atoms with Gasteiger partial charge in [-0.1, -0.05) is 6.07 Å². The number of amides is 1. The molecule has 1 aliphatic heterocycles. The molecule has 110 valence electrons. The molecule has 0 aliphatic carbocycles. The van der Waals surface area contributed by atoms with Crippen LogP contribution in [0.15, 0.2) is 18.2 Å². The van der Waals surface area contributed by atoms with Crippen LogP contribution >= 0.6 is 0 Å². The van der Waals surface area contributed by atoms with Crippen molar-refractivity contribution in [3.05, 3.63) is 23.8 Å². The number of piperidine rings is 1. The minimum Gasteiger partial charge on any atom is -0.450 e. The van der Waals surface area contributed by atoms with Crippen LogP contribution < -0.4 is 11.1 Å². The maximum atomic E-state index is 11.6. The number of carbonyl (C=O) groups is 1. The molecule has 1 heterocycles. The van der Waals surface area contributed by atoms with E-state index >= 15 is 0 Å². The number of ether oxygens (including phenoxy) is 1. The zero-order chi connectivity index (χ0) is 14.5. The lowest BCUT2D eigenvalue weighted by Gasteiger charge is -2.32. The molecule has 2 rings (SSSR count). The van der Waals surface area contributed by atoms with Gasteiger partial charge in [0.1, 0.15) is 0 Å². The Hall–Kier alpha value is -1.91. The van der Waals surface area contributed by atoms with Crippen molar-refractivity contribution in [3.63, 3.8) is 0 Å². The Morgan fingerprint density at radius 1 is 1.45 bits per heavy atom. The summed E-state index contributed by atoms with van der Waals surface area (Å²) in [7, 11) is 0. The van der Waals surface area contributed by atoms with Crippen molar-refractivity contribution in [2.75, 3.05) is 30.7 Å². The molecule has 0 spiro atoms. The Kier molecular flexibility index (Phi) is 4.71. The number of nitrogen functional groups attached to an aromatic ring is 1. The molecule has 1 aliphatic rings. The highest BCUT2D eigenvalue weighted by Crippen LogP contribution is 2.22. The summed E-state index contributed by atoms with van der Waals surface area (Å²) in [5.41, 5.74) is 8.85. The van der Waals surface area contributed by atoms with Crippen molar-refractivity contribution in [2.45, 2.75) is 32.7 Å². The van der Waals surface area contributed by atoms with Gasteiger partial charge in [-0.05, 0) is 44.4 Å². The smallest absolute Gasteiger partial charge is 0.409 e. The van der Waals surface area contributed by atoms with Crippen LogP contribution in [0.5, 0.6) is 0 Å². The molecule has 1 amide bonds. The summed E-state index contributed by atoms with van der Waals surface area (Å²) in [6, 6.07) is 6.27. The van der Waals surface area contributed by atoms with E-state index in [1.54, 1.807) is 4.90 Å². The lowest BCUT2D eigenvalue weighted by atomic mass is 10.0. The van der Waals surface area contributed by atoms with Crippen LogP contribution in [0.2, 0.25) is 0 Å². The third-order valence-corrected chi connectivity index (χ3v) is 3.64. The first-order valence-electron chi connectivity index (χ1n) is 7.14. The van der Waals surface area contributed by atoms with Gasteiger partial charge in [-0.25, -0.2) is 4.79 Å². The summed E-state index contributed by atoms with van der Waals surface area (Å²) in [6.45, 7) is 5.79. The minimum atomic E-state index is -0.203. The van der Waals surface area contributed by atoms with Crippen molar-refractivity contribution >= 4 is 17.5 Å². The van der Waals surface area contributed by atoms with Gasteiger partial charge in [0.15, 0.2) is 0 Å². The second kappa shape index (κ2) is 6.50. The third kappa shape index (κ3) is 3.56. The van der Waals surface area contributed by atoms with Gasteiger partial charge < -0.3 is 20.7 Å². The maximum Gasteiger partial charge on any atom is 0.409 e. The summed E-state index contributed by atoms with van der Waals surface area (Å²) in [5, 5.41) is 3.52. The van der Waals surface area contributed by atoms with E-state index in [1.165, 1.54) is 5.56 Å². The van der Waals surface area contributed by atoms with Crippen LogP contribution in [0.4, 0.5) is 16.2 Å². The number of anilines is 2. The van der Waals surface area contributed by atoms with Crippen LogP contribution in [0.1, 0.15) is 25.3 Å². The number of carbonyl (C=O) groups excluding carboxylic acids is 1. The van der Waals surface area contributed by atoms with Gasteiger partial charge in [-0.2, -0.15) is 0 Å². The Morgan fingerprint density at radius 3 is 2.80 bits per heavy atom. The Bertz CT molecular complexity index is 468.